The number of hydrazone groups is 1. The lowest BCUT2D eigenvalue weighted by Gasteiger charge is -2.22. The van der Waals surface area contributed by atoms with Gasteiger partial charge in [-0.25, -0.2) is 4.98 Å². The number of rotatable bonds is 12. The van der Waals surface area contributed by atoms with Crippen LogP contribution in [0.5, 0.6) is 0 Å². The van der Waals surface area contributed by atoms with E-state index in [9.17, 15) is 5.11 Å². The molecule has 6 heteroatoms. The van der Waals surface area contributed by atoms with Crippen molar-refractivity contribution < 1.29 is 5.11 Å². The molecule has 0 spiro atoms. The lowest BCUT2D eigenvalue weighted by molar-refractivity contribution is 0.353. The van der Waals surface area contributed by atoms with Crippen molar-refractivity contribution in [3.8, 4) is 0 Å². The van der Waals surface area contributed by atoms with Crippen LogP contribution in [0.1, 0.15) is 73.3 Å². The molecule has 1 heterocycles. The van der Waals surface area contributed by atoms with Crippen LogP contribution in [0.3, 0.4) is 0 Å². The van der Waals surface area contributed by atoms with Gasteiger partial charge >= 0.3 is 0 Å². The van der Waals surface area contributed by atoms with Gasteiger partial charge in [-0.1, -0.05) is 68.3 Å². The van der Waals surface area contributed by atoms with Gasteiger partial charge < -0.3 is 15.4 Å². The van der Waals surface area contributed by atoms with Crippen molar-refractivity contribution in [2.24, 2.45) is 5.10 Å². The monoisotopic (exact) mass is 473 g/mol. The number of benzene rings is 1. The molecule has 0 aliphatic heterocycles. The highest BCUT2D eigenvalue weighted by Gasteiger charge is 2.17. The second kappa shape index (κ2) is 13.0. The molecule has 0 bridgehead atoms. The number of aliphatic hydroxyl groups excluding tert-OH is 1. The van der Waals surface area contributed by atoms with E-state index >= 15 is 0 Å². The third-order valence-electron chi connectivity index (χ3n) is 6.44. The van der Waals surface area contributed by atoms with E-state index in [-0.39, 0.29) is 6.61 Å². The zero-order chi connectivity index (χ0) is 25.2. The molecular formula is C29H39N5O. The third-order valence-corrected chi connectivity index (χ3v) is 6.44. The molecule has 0 unspecified atom stereocenters. The van der Waals surface area contributed by atoms with E-state index in [4.69, 9.17) is 0 Å². The molecule has 6 nitrogen and oxygen atoms in total. The molecule has 0 atom stereocenters. The van der Waals surface area contributed by atoms with Crippen LogP contribution in [0.25, 0.3) is 17.8 Å². The van der Waals surface area contributed by atoms with Gasteiger partial charge in [-0.15, -0.1) is 6.58 Å². The zero-order valence-corrected chi connectivity index (χ0v) is 21.2. The zero-order valence-electron chi connectivity index (χ0n) is 21.2. The average Bonchev–Trinajstić information content (AvgIpc) is 3.30. The van der Waals surface area contributed by atoms with Gasteiger partial charge in [-0.3, -0.25) is 5.01 Å². The fourth-order valence-corrected chi connectivity index (χ4v) is 4.43. The summed E-state index contributed by atoms with van der Waals surface area (Å²) < 4.78 is 0. The van der Waals surface area contributed by atoms with Crippen molar-refractivity contribution in [1.82, 2.24) is 20.3 Å². The molecule has 186 valence electrons. The Kier molecular flexibility index (Phi) is 9.82. The van der Waals surface area contributed by atoms with Crippen LogP contribution in [0.4, 0.5) is 0 Å². The SMILES string of the molecule is C=CCNC/C(C)=C/c1[nH]c(C(=C)N(C)/N=C(\CO)c2ccc(C3CCCCC3)cc2)nc1C=C. The third kappa shape index (κ3) is 7.13. The van der Waals surface area contributed by atoms with Crippen LogP contribution in [0.15, 0.2) is 60.8 Å². The predicted octanol–water partition coefficient (Wildman–Crippen LogP) is 5.58. The average molecular weight is 474 g/mol. The Hall–Kier alpha value is -3.22. The number of H-pyrrole nitrogens is 1. The van der Waals surface area contributed by atoms with Gasteiger partial charge in [-0.05, 0) is 43.4 Å². The van der Waals surface area contributed by atoms with Gasteiger partial charge in [0, 0.05) is 25.7 Å². The van der Waals surface area contributed by atoms with Gasteiger partial charge in [0.15, 0.2) is 5.82 Å². The van der Waals surface area contributed by atoms with E-state index in [0.717, 1.165) is 35.6 Å². The first kappa shape index (κ1) is 26.4. The highest BCUT2D eigenvalue weighted by molar-refractivity contribution is 6.01. The summed E-state index contributed by atoms with van der Waals surface area (Å²) in [5.74, 6) is 1.26. The van der Waals surface area contributed by atoms with Crippen LogP contribution in [-0.4, -0.2) is 52.5 Å². The standard InChI is InChI=1S/C29H39N5O/c1-6-17-30-19-21(3)18-27-26(7-2)31-29(32-27)22(4)34(5)33-28(20-35)25-15-13-24(14-16-25)23-11-9-8-10-12-23/h6-7,13-16,18,23,30,35H,1-2,4,8-12,17,19-20H2,3,5H3,(H,31,32)/b21-18+,33-28+. The molecule has 35 heavy (non-hydrogen) atoms. The second-order valence-corrected chi connectivity index (χ2v) is 9.13. The molecule has 1 aliphatic carbocycles. The normalized spacial score (nSPS) is 15.2. The van der Waals surface area contributed by atoms with Crippen LogP contribution in [0.2, 0.25) is 0 Å². The van der Waals surface area contributed by atoms with Gasteiger partial charge in [0.25, 0.3) is 0 Å². The first-order chi connectivity index (χ1) is 17.0. The van der Waals surface area contributed by atoms with Crippen LogP contribution in [0, 0.1) is 0 Å². The maximum atomic E-state index is 10.0. The fraction of sp³-hybridized carbons (Fsp3) is 0.379. The minimum atomic E-state index is -0.165. The van der Waals surface area contributed by atoms with Gasteiger partial charge in [0.05, 0.1) is 29.4 Å². The number of nitrogens with one attached hydrogen (secondary N) is 2. The molecule has 1 saturated carbocycles. The van der Waals surface area contributed by atoms with E-state index < -0.39 is 0 Å². The number of nitrogens with zero attached hydrogens (tertiary/aromatic N) is 3. The molecule has 0 saturated heterocycles. The Morgan fingerprint density at radius 2 is 1.94 bits per heavy atom. The van der Waals surface area contributed by atoms with Crippen molar-refractivity contribution >= 4 is 23.6 Å². The summed E-state index contributed by atoms with van der Waals surface area (Å²) in [5.41, 5.74) is 6.25. The lowest BCUT2D eigenvalue weighted by atomic mass is 9.84. The summed E-state index contributed by atoms with van der Waals surface area (Å²) >= 11 is 0. The molecule has 1 aromatic carbocycles. The first-order valence-electron chi connectivity index (χ1n) is 12.4. The summed E-state index contributed by atoms with van der Waals surface area (Å²) in [6.07, 6.45) is 12.1. The van der Waals surface area contributed by atoms with E-state index in [1.807, 2.05) is 19.2 Å². The molecule has 1 aromatic heterocycles. The number of aromatic amines is 1. The van der Waals surface area contributed by atoms with Crippen LogP contribution >= 0.6 is 0 Å². The van der Waals surface area contributed by atoms with Crippen molar-refractivity contribution in [3.63, 3.8) is 0 Å². The fourth-order valence-electron chi connectivity index (χ4n) is 4.43. The summed E-state index contributed by atoms with van der Waals surface area (Å²) in [7, 11) is 1.81. The van der Waals surface area contributed by atoms with E-state index in [1.54, 1.807) is 11.1 Å². The maximum Gasteiger partial charge on any atom is 0.156 e. The summed E-state index contributed by atoms with van der Waals surface area (Å²) in [5, 5.41) is 19.6. The van der Waals surface area contributed by atoms with Gasteiger partial charge in [0.2, 0.25) is 0 Å². The van der Waals surface area contributed by atoms with Crippen molar-refractivity contribution in [3.05, 3.63) is 84.0 Å². The first-order valence-corrected chi connectivity index (χ1v) is 12.4. The van der Waals surface area contributed by atoms with Crippen LogP contribution in [-0.2, 0) is 0 Å². The number of aromatic nitrogens is 2. The molecular weight excluding hydrogens is 434 g/mol. The van der Waals surface area contributed by atoms with Gasteiger partial charge in [-0.2, -0.15) is 5.10 Å². The van der Waals surface area contributed by atoms with E-state index in [2.05, 4.69) is 71.3 Å². The molecule has 2 aromatic rings. The topological polar surface area (TPSA) is 76.5 Å². The van der Waals surface area contributed by atoms with Crippen molar-refractivity contribution in [1.29, 1.82) is 0 Å². The smallest absolute Gasteiger partial charge is 0.156 e. The van der Waals surface area contributed by atoms with Crippen LogP contribution < -0.4 is 5.32 Å². The summed E-state index contributed by atoms with van der Waals surface area (Å²) in [4.78, 5) is 7.97. The van der Waals surface area contributed by atoms with Crippen molar-refractivity contribution in [2.75, 3.05) is 26.7 Å². The minimum Gasteiger partial charge on any atom is -0.390 e. The Morgan fingerprint density at radius 3 is 2.57 bits per heavy atom. The quantitative estimate of drug-likeness (QED) is 0.163. The number of hydrogen-bond donors (Lipinski definition) is 3. The molecule has 3 N–H and O–H groups in total. The Balaban J connectivity index is 1.74. The Labute approximate surface area is 209 Å². The largest absolute Gasteiger partial charge is 0.390 e. The number of hydrogen-bond acceptors (Lipinski definition) is 5. The molecule has 3 rings (SSSR count). The maximum absolute atomic E-state index is 10.0. The molecule has 0 radical (unpaired) electrons. The highest BCUT2D eigenvalue weighted by atomic mass is 16.3. The second-order valence-electron chi connectivity index (χ2n) is 9.13. The summed E-state index contributed by atoms with van der Waals surface area (Å²) in [6, 6.07) is 8.48. The highest BCUT2D eigenvalue weighted by Crippen LogP contribution is 2.32. The predicted molar refractivity (Wildman–Crippen MR) is 148 cm³/mol. The molecule has 0 amide bonds. The number of imidazole rings is 1. The van der Waals surface area contributed by atoms with Crippen molar-refractivity contribution in [2.45, 2.75) is 44.9 Å². The Bertz CT molecular complexity index is 1070. The lowest BCUT2D eigenvalue weighted by Crippen LogP contribution is -2.17. The molecule has 1 fully saturated rings. The van der Waals surface area contributed by atoms with E-state index in [0.29, 0.717) is 23.2 Å². The Morgan fingerprint density at radius 1 is 1.23 bits per heavy atom. The molecule has 1 aliphatic rings. The minimum absolute atomic E-state index is 0.165. The summed E-state index contributed by atoms with van der Waals surface area (Å²) in [6.45, 7) is 15.2. The van der Waals surface area contributed by atoms with E-state index in [1.165, 1.54) is 37.7 Å². The number of aliphatic hydroxyl groups is 1. The van der Waals surface area contributed by atoms with Gasteiger partial charge in [0.1, 0.15) is 0 Å².